The molecular formula is C18H31N5O2. The van der Waals surface area contributed by atoms with Crippen LogP contribution in [-0.2, 0) is 9.53 Å². The van der Waals surface area contributed by atoms with Crippen LogP contribution in [0.25, 0.3) is 0 Å². The van der Waals surface area contributed by atoms with Crippen molar-refractivity contribution in [3.63, 3.8) is 0 Å². The van der Waals surface area contributed by atoms with E-state index < -0.39 is 0 Å². The van der Waals surface area contributed by atoms with E-state index >= 15 is 0 Å². The van der Waals surface area contributed by atoms with Crippen LogP contribution in [0.4, 0.5) is 17.3 Å². The first-order valence-electron chi connectivity index (χ1n) is 9.24. The average Bonchev–Trinajstić information content (AvgIpc) is 2.58. The fourth-order valence-electron chi connectivity index (χ4n) is 2.92. The van der Waals surface area contributed by atoms with Gasteiger partial charge in [-0.2, -0.15) is 0 Å². The monoisotopic (exact) mass is 349 g/mol. The molecule has 1 aliphatic rings. The SMILES string of the molecule is CCCCN(CCC)c1cc(N)nc(NC(=O)CN2CCOCC2)c1. The number of ether oxygens (including phenoxy) is 1. The molecule has 25 heavy (non-hydrogen) atoms. The van der Waals surface area contributed by atoms with E-state index in [1.54, 1.807) is 0 Å². The molecule has 0 radical (unpaired) electrons. The summed E-state index contributed by atoms with van der Waals surface area (Å²) in [7, 11) is 0. The summed E-state index contributed by atoms with van der Waals surface area (Å²) >= 11 is 0. The molecule has 0 spiro atoms. The lowest BCUT2D eigenvalue weighted by atomic mass is 10.2. The van der Waals surface area contributed by atoms with Crippen molar-refractivity contribution < 1.29 is 9.53 Å². The Hall–Kier alpha value is -1.86. The van der Waals surface area contributed by atoms with Gasteiger partial charge in [0, 0.05) is 44.0 Å². The average molecular weight is 349 g/mol. The molecule has 0 aromatic carbocycles. The fraction of sp³-hybridized carbons (Fsp3) is 0.667. The molecule has 2 rings (SSSR count). The van der Waals surface area contributed by atoms with Crippen LogP contribution in [0.1, 0.15) is 33.1 Å². The molecule has 7 heteroatoms. The van der Waals surface area contributed by atoms with Gasteiger partial charge in [-0.05, 0) is 12.8 Å². The van der Waals surface area contributed by atoms with E-state index in [9.17, 15) is 4.79 Å². The molecule has 0 saturated carbocycles. The first-order valence-corrected chi connectivity index (χ1v) is 9.24. The van der Waals surface area contributed by atoms with Gasteiger partial charge in [-0.3, -0.25) is 9.69 Å². The summed E-state index contributed by atoms with van der Waals surface area (Å²) in [6.45, 7) is 9.56. The second-order valence-electron chi connectivity index (χ2n) is 6.41. The van der Waals surface area contributed by atoms with Crippen LogP contribution in [0, 0.1) is 0 Å². The number of aromatic nitrogens is 1. The molecule has 2 heterocycles. The number of unbranched alkanes of at least 4 members (excludes halogenated alkanes) is 1. The number of nitrogens with one attached hydrogen (secondary N) is 1. The van der Waals surface area contributed by atoms with Gasteiger partial charge in [-0.1, -0.05) is 20.3 Å². The fourth-order valence-corrected chi connectivity index (χ4v) is 2.92. The molecule has 0 aliphatic carbocycles. The molecule has 140 valence electrons. The minimum Gasteiger partial charge on any atom is -0.384 e. The summed E-state index contributed by atoms with van der Waals surface area (Å²) < 4.78 is 5.30. The molecule has 3 N–H and O–H groups in total. The lowest BCUT2D eigenvalue weighted by molar-refractivity contribution is -0.118. The summed E-state index contributed by atoms with van der Waals surface area (Å²) in [6.07, 6.45) is 3.33. The molecule has 7 nitrogen and oxygen atoms in total. The summed E-state index contributed by atoms with van der Waals surface area (Å²) in [5.74, 6) is 0.879. The number of nitrogens with zero attached hydrogens (tertiary/aromatic N) is 3. The second-order valence-corrected chi connectivity index (χ2v) is 6.41. The highest BCUT2D eigenvalue weighted by Gasteiger charge is 2.15. The summed E-state index contributed by atoms with van der Waals surface area (Å²) in [5, 5.41) is 2.88. The second kappa shape index (κ2) is 10.2. The number of hydrogen-bond donors (Lipinski definition) is 2. The number of pyridine rings is 1. The predicted molar refractivity (Wildman–Crippen MR) is 102 cm³/mol. The minimum atomic E-state index is -0.0680. The minimum absolute atomic E-state index is 0.0680. The van der Waals surface area contributed by atoms with Crippen LogP contribution in [0.5, 0.6) is 0 Å². The van der Waals surface area contributed by atoms with Gasteiger partial charge in [0.05, 0.1) is 19.8 Å². The van der Waals surface area contributed by atoms with Crippen LogP contribution in [0.2, 0.25) is 0 Å². The molecular weight excluding hydrogens is 318 g/mol. The van der Waals surface area contributed by atoms with Gasteiger partial charge in [0.2, 0.25) is 5.91 Å². The van der Waals surface area contributed by atoms with Crippen molar-refractivity contribution in [3.05, 3.63) is 12.1 Å². The largest absolute Gasteiger partial charge is 0.384 e. The Morgan fingerprint density at radius 3 is 2.72 bits per heavy atom. The van der Waals surface area contributed by atoms with Crippen molar-refractivity contribution in [2.24, 2.45) is 0 Å². The smallest absolute Gasteiger partial charge is 0.239 e. The third-order valence-corrected chi connectivity index (χ3v) is 4.21. The number of amides is 1. The van der Waals surface area contributed by atoms with Crippen molar-refractivity contribution in [2.45, 2.75) is 33.1 Å². The van der Waals surface area contributed by atoms with E-state index in [0.29, 0.717) is 31.4 Å². The number of nitrogens with two attached hydrogens (primary N) is 1. The lowest BCUT2D eigenvalue weighted by Gasteiger charge is -2.26. The molecule has 0 bridgehead atoms. The van der Waals surface area contributed by atoms with E-state index in [2.05, 4.69) is 33.9 Å². The van der Waals surface area contributed by atoms with Crippen LogP contribution in [-0.4, -0.2) is 61.7 Å². The van der Waals surface area contributed by atoms with E-state index in [0.717, 1.165) is 51.1 Å². The number of anilines is 3. The molecule has 1 saturated heterocycles. The van der Waals surface area contributed by atoms with Crippen molar-refractivity contribution in [1.29, 1.82) is 0 Å². The Balaban J connectivity index is 2.02. The van der Waals surface area contributed by atoms with E-state index in [4.69, 9.17) is 10.5 Å². The third-order valence-electron chi connectivity index (χ3n) is 4.21. The highest BCUT2D eigenvalue weighted by molar-refractivity contribution is 5.92. The van der Waals surface area contributed by atoms with Crippen LogP contribution < -0.4 is 16.0 Å². The molecule has 1 aromatic heterocycles. The van der Waals surface area contributed by atoms with Crippen molar-refractivity contribution in [1.82, 2.24) is 9.88 Å². The number of carbonyl (C=O) groups is 1. The van der Waals surface area contributed by atoms with Gasteiger partial charge in [0.1, 0.15) is 11.6 Å². The Bertz CT molecular complexity index is 546. The Morgan fingerprint density at radius 2 is 2.04 bits per heavy atom. The van der Waals surface area contributed by atoms with Crippen LogP contribution in [0.15, 0.2) is 12.1 Å². The lowest BCUT2D eigenvalue weighted by Crippen LogP contribution is -2.41. The van der Waals surface area contributed by atoms with Gasteiger partial charge >= 0.3 is 0 Å². The highest BCUT2D eigenvalue weighted by Crippen LogP contribution is 2.22. The topological polar surface area (TPSA) is 83.7 Å². The number of morpholine rings is 1. The maximum absolute atomic E-state index is 12.3. The molecule has 0 atom stereocenters. The first kappa shape index (κ1) is 19.5. The molecule has 1 aliphatic heterocycles. The standard InChI is InChI=1S/C18H31N5O2/c1-3-5-7-23(6-4-2)15-12-16(19)20-17(13-15)21-18(24)14-22-8-10-25-11-9-22/h12-13H,3-11,14H2,1-2H3,(H3,19,20,21,24). The van der Waals surface area contributed by atoms with Crippen molar-refractivity contribution in [2.75, 3.05) is 61.9 Å². The summed E-state index contributed by atoms with van der Waals surface area (Å²) in [5.41, 5.74) is 6.98. The van der Waals surface area contributed by atoms with E-state index in [-0.39, 0.29) is 5.91 Å². The van der Waals surface area contributed by atoms with Crippen LogP contribution in [0.3, 0.4) is 0 Å². The van der Waals surface area contributed by atoms with Gasteiger partial charge in [-0.25, -0.2) is 4.98 Å². The Labute approximate surface area is 150 Å². The van der Waals surface area contributed by atoms with E-state index in [1.807, 2.05) is 12.1 Å². The van der Waals surface area contributed by atoms with Crippen molar-refractivity contribution in [3.8, 4) is 0 Å². The zero-order valence-electron chi connectivity index (χ0n) is 15.5. The van der Waals surface area contributed by atoms with Gasteiger partial charge in [0.15, 0.2) is 0 Å². The first-order chi connectivity index (χ1) is 12.1. The number of hydrogen-bond acceptors (Lipinski definition) is 6. The number of nitrogen functional groups attached to an aromatic ring is 1. The number of rotatable bonds is 9. The van der Waals surface area contributed by atoms with Crippen molar-refractivity contribution >= 4 is 23.2 Å². The molecule has 0 unspecified atom stereocenters. The molecule has 1 fully saturated rings. The molecule has 1 amide bonds. The number of carbonyl (C=O) groups excluding carboxylic acids is 1. The quantitative estimate of drug-likeness (QED) is 0.709. The third kappa shape index (κ3) is 6.51. The summed E-state index contributed by atoms with van der Waals surface area (Å²) in [6, 6.07) is 3.79. The predicted octanol–water partition coefficient (Wildman–Crippen LogP) is 1.95. The highest BCUT2D eigenvalue weighted by atomic mass is 16.5. The van der Waals surface area contributed by atoms with Gasteiger partial charge in [-0.15, -0.1) is 0 Å². The Kier molecular flexibility index (Phi) is 7.94. The Morgan fingerprint density at radius 1 is 1.28 bits per heavy atom. The normalized spacial score (nSPS) is 15.1. The van der Waals surface area contributed by atoms with E-state index in [1.165, 1.54) is 0 Å². The van der Waals surface area contributed by atoms with Gasteiger partial charge < -0.3 is 20.7 Å². The zero-order chi connectivity index (χ0) is 18.1. The maximum Gasteiger partial charge on any atom is 0.239 e. The van der Waals surface area contributed by atoms with Crippen LogP contribution >= 0.6 is 0 Å². The zero-order valence-corrected chi connectivity index (χ0v) is 15.5. The molecule has 1 aromatic rings. The summed E-state index contributed by atoms with van der Waals surface area (Å²) in [4.78, 5) is 20.9. The van der Waals surface area contributed by atoms with Gasteiger partial charge in [0.25, 0.3) is 0 Å². The maximum atomic E-state index is 12.3.